The van der Waals surface area contributed by atoms with E-state index in [2.05, 4.69) is 0 Å². The van der Waals surface area contributed by atoms with Crippen LogP contribution in [0.2, 0.25) is 0 Å². The molecule has 0 spiro atoms. The summed E-state index contributed by atoms with van der Waals surface area (Å²) in [5, 5.41) is 26.0. The van der Waals surface area contributed by atoms with Gasteiger partial charge >= 0.3 is 0 Å². The molecule has 0 aromatic carbocycles. The molecule has 0 aliphatic heterocycles. The number of nitriles is 2. The molecule has 0 rings (SSSR count). The van der Waals surface area contributed by atoms with Gasteiger partial charge in [-0.3, -0.25) is 5.41 Å². The minimum absolute atomic E-state index is 0.102. The Bertz CT molecular complexity index is 261. The average Bonchev–Trinajstić information content (AvgIpc) is 2.03. The third-order valence-corrected chi connectivity index (χ3v) is 1.54. The van der Waals surface area contributed by atoms with Crippen LogP contribution in [0.15, 0.2) is 0 Å². The largest absolute Gasteiger partial charge is 0.326 e. The number of hydrogen-bond donors (Lipinski definition) is 2. The monoisotopic (exact) mass is 179 g/mol. The second kappa shape index (κ2) is 4.59. The van der Waals surface area contributed by atoms with Crippen molar-refractivity contribution >= 4 is 5.71 Å². The second-order valence-electron chi connectivity index (χ2n) is 4.13. The first-order valence-electron chi connectivity index (χ1n) is 4.12. The fourth-order valence-electron chi connectivity index (χ4n) is 0.776. The van der Waals surface area contributed by atoms with Crippen molar-refractivity contribution in [1.82, 2.24) is 0 Å². The van der Waals surface area contributed by atoms with E-state index in [1.165, 1.54) is 0 Å². The average molecular weight is 179 g/mol. The van der Waals surface area contributed by atoms with Crippen LogP contribution in [0.3, 0.4) is 0 Å². The summed E-state index contributed by atoms with van der Waals surface area (Å²) in [4.78, 5) is 0. The molecule has 0 aromatic heterocycles. The molecule has 0 fully saturated rings. The van der Waals surface area contributed by atoms with Gasteiger partial charge in [0, 0.05) is 5.41 Å². The summed E-state index contributed by atoms with van der Waals surface area (Å²) in [5.74, 6) is 0. The summed E-state index contributed by atoms with van der Waals surface area (Å²) in [6.07, 6.45) is 0. The van der Waals surface area contributed by atoms with E-state index in [1.54, 1.807) is 11.4 Å². The molecular weight excluding hydrogens is 164 g/mol. The Morgan fingerprint density at radius 2 is 2.00 bits per heavy atom. The summed E-state index contributed by atoms with van der Waals surface area (Å²) in [6, 6.07) is 2.96. The number of nitrogens with one attached hydrogen (secondary N) is 1. The standard InChI is InChI=1S/C9H14N4/c1-9(2,3)6-13-8(5-11)7(12)4-10/h8,12-13H,6H2,1-3H3/p+1/t8-/m1/s1. The van der Waals surface area contributed by atoms with Gasteiger partial charge in [-0.1, -0.05) is 20.8 Å². The van der Waals surface area contributed by atoms with Crippen molar-refractivity contribution in [2.45, 2.75) is 26.8 Å². The Hall–Kier alpha value is -1.39. The smallest absolute Gasteiger partial charge is 0.225 e. The highest BCUT2D eigenvalue weighted by Gasteiger charge is 2.20. The van der Waals surface area contributed by atoms with Crippen molar-refractivity contribution in [1.29, 1.82) is 15.9 Å². The SMILES string of the molecule is CC(C)(C)C[NH2+][C@H](C#N)C(=N)C#N. The summed E-state index contributed by atoms with van der Waals surface area (Å²) in [5.41, 5.74) is -0.0723. The van der Waals surface area contributed by atoms with Crippen LogP contribution in [-0.4, -0.2) is 18.3 Å². The molecule has 0 aliphatic rings. The summed E-state index contributed by atoms with van der Waals surface area (Å²) < 4.78 is 0. The second-order valence-corrected chi connectivity index (χ2v) is 4.13. The molecule has 13 heavy (non-hydrogen) atoms. The zero-order chi connectivity index (χ0) is 10.5. The van der Waals surface area contributed by atoms with E-state index in [9.17, 15) is 0 Å². The molecule has 0 saturated heterocycles. The summed E-state index contributed by atoms with van der Waals surface area (Å²) in [7, 11) is 0. The molecule has 0 heterocycles. The number of quaternary nitrogens is 1. The molecule has 0 radical (unpaired) electrons. The lowest BCUT2D eigenvalue weighted by Gasteiger charge is -2.17. The van der Waals surface area contributed by atoms with Crippen molar-refractivity contribution < 1.29 is 5.32 Å². The summed E-state index contributed by atoms with van der Waals surface area (Å²) >= 11 is 0. The predicted molar refractivity (Wildman–Crippen MR) is 49.0 cm³/mol. The first-order valence-corrected chi connectivity index (χ1v) is 4.12. The van der Waals surface area contributed by atoms with E-state index >= 15 is 0 Å². The lowest BCUT2D eigenvalue weighted by molar-refractivity contribution is -0.672. The van der Waals surface area contributed by atoms with Gasteiger partial charge in [-0.25, -0.2) is 0 Å². The quantitative estimate of drug-likeness (QED) is 0.599. The van der Waals surface area contributed by atoms with Crippen LogP contribution in [0.4, 0.5) is 0 Å². The van der Waals surface area contributed by atoms with Gasteiger partial charge in [0.2, 0.25) is 6.04 Å². The molecule has 70 valence electrons. The van der Waals surface area contributed by atoms with Gasteiger partial charge in [-0.05, 0) is 0 Å². The molecule has 1 atom stereocenters. The fraction of sp³-hybridized carbons (Fsp3) is 0.667. The number of rotatable bonds is 3. The molecule has 0 bridgehead atoms. The van der Waals surface area contributed by atoms with Crippen molar-refractivity contribution in [3.8, 4) is 12.1 Å². The minimum Gasteiger partial charge on any atom is -0.326 e. The van der Waals surface area contributed by atoms with Gasteiger partial charge in [0.1, 0.15) is 12.1 Å². The molecule has 4 heteroatoms. The lowest BCUT2D eigenvalue weighted by atomic mass is 9.96. The van der Waals surface area contributed by atoms with Gasteiger partial charge in [0.05, 0.1) is 6.54 Å². The Morgan fingerprint density at radius 3 is 2.31 bits per heavy atom. The first-order chi connectivity index (χ1) is 5.90. The van der Waals surface area contributed by atoms with Crippen molar-refractivity contribution in [3.63, 3.8) is 0 Å². The van der Waals surface area contributed by atoms with E-state index in [-0.39, 0.29) is 11.1 Å². The third-order valence-electron chi connectivity index (χ3n) is 1.54. The van der Waals surface area contributed by atoms with E-state index < -0.39 is 6.04 Å². The molecule has 0 aromatic rings. The first kappa shape index (κ1) is 11.6. The number of nitrogens with two attached hydrogens (primary N) is 1. The van der Waals surface area contributed by atoms with E-state index in [4.69, 9.17) is 15.9 Å². The molecule has 0 amide bonds. The van der Waals surface area contributed by atoms with Crippen LogP contribution < -0.4 is 5.32 Å². The Labute approximate surface area is 78.7 Å². The maximum atomic E-state index is 8.65. The topological polar surface area (TPSA) is 88.0 Å². The highest BCUT2D eigenvalue weighted by molar-refractivity contribution is 6.00. The van der Waals surface area contributed by atoms with Crippen LogP contribution in [0.25, 0.3) is 0 Å². The zero-order valence-corrected chi connectivity index (χ0v) is 8.26. The van der Waals surface area contributed by atoms with Crippen LogP contribution in [0, 0.1) is 33.5 Å². The lowest BCUT2D eigenvalue weighted by Crippen LogP contribution is -2.93. The third kappa shape index (κ3) is 4.95. The number of nitrogens with zero attached hydrogens (tertiary/aromatic N) is 2. The summed E-state index contributed by atoms with van der Waals surface area (Å²) in [6.45, 7) is 6.88. The van der Waals surface area contributed by atoms with Crippen LogP contribution in [-0.2, 0) is 0 Å². The van der Waals surface area contributed by atoms with Gasteiger partial charge in [0.15, 0.2) is 5.71 Å². The maximum absolute atomic E-state index is 8.65. The van der Waals surface area contributed by atoms with Gasteiger partial charge in [0.25, 0.3) is 0 Å². The molecule has 0 aliphatic carbocycles. The highest BCUT2D eigenvalue weighted by atomic mass is 14.9. The van der Waals surface area contributed by atoms with Crippen molar-refractivity contribution in [2.75, 3.05) is 6.54 Å². The molecular formula is C9H15N4+. The van der Waals surface area contributed by atoms with Crippen LogP contribution in [0.1, 0.15) is 20.8 Å². The van der Waals surface area contributed by atoms with Crippen LogP contribution >= 0.6 is 0 Å². The van der Waals surface area contributed by atoms with Gasteiger partial charge in [-0.15, -0.1) is 0 Å². The van der Waals surface area contributed by atoms with Gasteiger partial charge < -0.3 is 5.32 Å². The predicted octanol–water partition coefficient (Wildman–Crippen LogP) is 0.0314. The molecule has 4 nitrogen and oxygen atoms in total. The van der Waals surface area contributed by atoms with E-state index in [0.717, 1.165) is 6.54 Å². The fourth-order valence-corrected chi connectivity index (χ4v) is 0.776. The Kier molecular flexibility index (Phi) is 4.10. The van der Waals surface area contributed by atoms with E-state index in [0.29, 0.717) is 0 Å². The minimum atomic E-state index is -0.649. The normalized spacial score (nSPS) is 12.7. The molecule has 0 unspecified atom stereocenters. The molecule has 0 saturated carbocycles. The van der Waals surface area contributed by atoms with E-state index in [1.807, 2.05) is 26.8 Å². The molecule has 3 N–H and O–H groups in total. The van der Waals surface area contributed by atoms with Gasteiger partial charge in [-0.2, -0.15) is 10.5 Å². The number of hydrogen-bond acceptors (Lipinski definition) is 3. The van der Waals surface area contributed by atoms with Crippen molar-refractivity contribution in [2.24, 2.45) is 5.41 Å². The van der Waals surface area contributed by atoms with Crippen molar-refractivity contribution in [3.05, 3.63) is 0 Å². The van der Waals surface area contributed by atoms with Crippen LogP contribution in [0.5, 0.6) is 0 Å². The Balaban J connectivity index is 4.13. The highest BCUT2D eigenvalue weighted by Crippen LogP contribution is 2.07. The zero-order valence-electron chi connectivity index (χ0n) is 8.26. The Morgan fingerprint density at radius 1 is 1.46 bits per heavy atom. The maximum Gasteiger partial charge on any atom is 0.225 e.